The van der Waals surface area contributed by atoms with Crippen molar-refractivity contribution in [1.29, 1.82) is 0 Å². The van der Waals surface area contributed by atoms with Gasteiger partial charge in [-0.25, -0.2) is 4.98 Å². The quantitative estimate of drug-likeness (QED) is 0.611. The zero-order valence-electron chi connectivity index (χ0n) is 13.0. The minimum absolute atomic E-state index is 0.0373. The monoisotopic (exact) mass is 328 g/mol. The van der Waals surface area contributed by atoms with Crippen molar-refractivity contribution in [3.05, 3.63) is 60.8 Å². The van der Waals surface area contributed by atoms with Crippen molar-refractivity contribution in [2.75, 3.05) is 4.90 Å². The number of hydrogen-bond acceptors (Lipinski definition) is 5. The molecular formula is C18H12N6O. The van der Waals surface area contributed by atoms with Crippen molar-refractivity contribution >= 4 is 28.3 Å². The van der Waals surface area contributed by atoms with Crippen molar-refractivity contribution in [1.82, 2.24) is 25.1 Å². The Kier molecular flexibility index (Phi) is 2.87. The number of aromatic nitrogens is 5. The first kappa shape index (κ1) is 13.8. The fourth-order valence-corrected chi connectivity index (χ4v) is 3.05. The van der Waals surface area contributed by atoms with Gasteiger partial charge in [0.25, 0.3) is 0 Å². The number of benzene rings is 1. The highest BCUT2D eigenvalue weighted by Crippen LogP contribution is 2.35. The first-order valence-corrected chi connectivity index (χ1v) is 7.82. The SMILES string of the molecule is O=C1Cc2ncc(-c3ccncc3)nc2N1c1ccc2[nH]ncc2c1. The maximum atomic E-state index is 12.6. The van der Waals surface area contributed by atoms with Crippen LogP contribution in [0.15, 0.2) is 55.1 Å². The summed E-state index contributed by atoms with van der Waals surface area (Å²) >= 11 is 0. The first-order valence-electron chi connectivity index (χ1n) is 7.82. The highest BCUT2D eigenvalue weighted by atomic mass is 16.2. The summed E-state index contributed by atoms with van der Waals surface area (Å²) in [6.07, 6.45) is 7.10. The van der Waals surface area contributed by atoms with Crippen LogP contribution in [0, 0.1) is 0 Å². The fraction of sp³-hybridized carbons (Fsp3) is 0.0556. The third-order valence-electron chi connectivity index (χ3n) is 4.27. The summed E-state index contributed by atoms with van der Waals surface area (Å²) in [5, 5.41) is 7.88. The molecule has 1 aromatic carbocycles. The molecule has 0 spiro atoms. The van der Waals surface area contributed by atoms with Gasteiger partial charge >= 0.3 is 0 Å². The number of rotatable bonds is 2. The van der Waals surface area contributed by atoms with Crippen LogP contribution in [-0.4, -0.2) is 31.1 Å². The molecule has 1 aliphatic heterocycles. The Hall–Kier alpha value is -3.61. The lowest BCUT2D eigenvalue weighted by atomic mass is 10.2. The van der Waals surface area contributed by atoms with E-state index in [1.165, 1.54) is 0 Å². The predicted octanol–water partition coefficient (Wildman–Crippen LogP) is 2.64. The minimum Gasteiger partial charge on any atom is -0.278 e. The molecular weight excluding hydrogens is 316 g/mol. The lowest BCUT2D eigenvalue weighted by molar-refractivity contribution is -0.116. The van der Waals surface area contributed by atoms with Crippen LogP contribution in [0.25, 0.3) is 22.2 Å². The zero-order chi connectivity index (χ0) is 16.8. The Morgan fingerprint density at radius 2 is 1.96 bits per heavy atom. The van der Waals surface area contributed by atoms with E-state index in [-0.39, 0.29) is 12.3 Å². The maximum Gasteiger partial charge on any atom is 0.238 e. The maximum absolute atomic E-state index is 12.6. The molecule has 25 heavy (non-hydrogen) atoms. The normalized spacial score (nSPS) is 13.4. The van der Waals surface area contributed by atoms with Gasteiger partial charge < -0.3 is 0 Å². The summed E-state index contributed by atoms with van der Waals surface area (Å²) in [6, 6.07) is 9.45. The number of nitrogens with one attached hydrogen (secondary N) is 1. The molecule has 1 aliphatic rings. The van der Waals surface area contributed by atoms with E-state index >= 15 is 0 Å². The molecule has 0 aliphatic carbocycles. The van der Waals surface area contributed by atoms with Gasteiger partial charge in [-0.3, -0.25) is 24.8 Å². The second-order valence-electron chi connectivity index (χ2n) is 5.81. The van der Waals surface area contributed by atoms with Gasteiger partial charge in [-0.05, 0) is 30.3 Å². The lowest BCUT2D eigenvalue weighted by Gasteiger charge is -2.17. The highest BCUT2D eigenvalue weighted by molar-refractivity contribution is 6.06. The highest BCUT2D eigenvalue weighted by Gasteiger charge is 2.32. The number of carbonyl (C=O) groups excluding carboxylic acids is 1. The number of hydrogen-bond donors (Lipinski definition) is 1. The van der Waals surface area contributed by atoms with E-state index in [4.69, 9.17) is 4.98 Å². The zero-order valence-corrected chi connectivity index (χ0v) is 13.0. The molecule has 5 rings (SSSR count). The van der Waals surface area contributed by atoms with E-state index in [1.54, 1.807) is 29.7 Å². The fourth-order valence-electron chi connectivity index (χ4n) is 3.05. The second-order valence-corrected chi connectivity index (χ2v) is 5.81. The smallest absolute Gasteiger partial charge is 0.238 e. The van der Waals surface area contributed by atoms with E-state index in [2.05, 4.69) is 20.2 Å². The first-order chi connectivity index (χ1) is 12.3. The molecule has 4 aromatic rings. The molecule has 3 aromatic heterocycles. The molecule has 0 bridgehead atoms. The lowest BCUT2D eigenvalue weighted by Crippen LogP contribution is -2.21. The molecule has 0 saturated heterocycles. The topological polar surface area (TPSA) is 87.7 Å². The van der Waals surface area contributed by atoms with Gasteiger partial charge in [0.05, 0.1) is 41.4 Å². The minimum atomic E-state index is -0.0373. The van der Waals surface area contributed by atoms with Crippen molar-refractivity contribution in [2.45, 2.75) is 6.42 Å². The van der Waals surface area contributed by atoms with Crippen LogP contribution in [0.4, 0.5) is 11.5 Å². The molecule has 0 saturated carbocycles. The van der Waals surface area contributed by atoms with Gasteiger partial charge in [0, 0.05) is 23.3 Å². The van der Waals surface area contributed by atoms with Gasteiger partial charge in [-0.2, -0.15) is 5.10 Å². The molecule has 1 N–H and O–H groups in total. The molecule has 7 nitrogen and oxygen atoms in total. The van der Waals surface area contributed by atoms with Crippen molar-refractivity contribution in [3.63, 3.8) is 0 Å². The summed E-state index contributed by atoms with van der Waals surface area (Å²) in [4.78, 5) is 27.4. The largest absolute Gasteiger partial charge is 0.278 e. The summed E-state index contributed by atoms with van der Waals surface area (Å²) < 4.78 is 0. The third kappa shape index (κ3) is 2.17. The Bertz CT molecular complexity index is 1100. The van der Waals surface area contributed by atoms with Crippen LogP contribution >= 0.6 is 0 Å². The van der Waals surface area contributed by atoms with Crippen LogP contribution in [0.1, 0.15) is 5.69 Å². The van der Waals surface area contributed by atoms with Crippen LogP contribution < -0.4 is 4.90 Å². The number of amides is 1. The Morgan fingerprint density at radius 1 is 1.08 bits per heavy atom. The van der Waals surface area contributed by atoms with Crippen LogP contribution in [0.2, 0.25) is 0 Å². The van der Waals surface area contributed by atoms with Gasteiger partial charge in [0.1, 0.15) is 0 Å². The van der Waals surface area contributed by atoms with Gasteiger partial charge in [0.2, 0.25) is 5.91 Å². The molecule has 4 heterocycles. The summed E-state index contributed by atoms with van der Waals surface area (Å²) in [5.74, 6) is 0.548. The van der Waals surface area contributed by atoms with Gasteiger partial charge in [-0.15, -0.1) is 0 Å². The molecule has 7 heteroatoms. The Labute approximate surface area is 142 Å². The number of nitrogens with zero attached hydrogens (tertiary/aromatic N) is 5. The van der Waals surface area contributed by atoms with Gasteiger partial charge in [0.15, 0.2) is 5.82 Å². The average Bonchev–Trinajstić information content (AvgIpc) is 3.24. The Morgan fingerprint density at radius 3 is 2.84 bits per heavy atom. The molecule has 0 fully saturated rings. The van der Waals surface area contributed by atoms with Gasteiger partial charge in [-0.1, -0.05) is 0 Å². The van der Waals surface area contributed by atoms with E-state index in [9.17, 15) is 4.79 Å². The number of pyridine rings is 1. The number of aromatic amines is 1. The number of anilines is 2. The molecule has 0 radical (unpaired) electrons. The predicted molar refractivity (Wildman–Crippen MR) is 92.2 cm³/mol. The van der Waals surface area contributed by atoms with Crippen molar-refractivity contribution < 1.29 is 4.79 Å². The number of H-pyrrole nitrogens is 1. The average molecular weight is 328 g/mol. The van der Waals surface area contributed by atoms with E-state index in [1.807, 2.05) is 30.3 Å². The molecule has 120 valence electrons. The standard InChI is InChI=1S/C18H12N6O/c25-17-8-15-18(22-16(10-20-15)11-3-5-19-6-4-11)24(17)13-1-2-14-12(7-13)9-21-23-14/h1-7,9-10H,8H2,(H,21,23). The van der Waals surface area contributed by atoms with Crippen LogP contribution in [-0.2, 0) is 11.2 Å². The third-order valence-corrected chi connectivity index (χ3v) is 4.27. The van der Waals surface area contributed by atoms with E-state index < -0.39 is 0 Å². The van der Waals surface area contributed by atoms with E-state index in [0.29, 0.717) is 17.2 Å². The summed E-state index contributed by atoms with van der Waals surface area (Å²) in [5.41, 5.74) is 4.00. The van der Waals surface area contributed by atoms with Crippen LogP contribution in [0.3, 0.4) is 0 Å². The second kappa shape index (κ2) is 5.20. The van der Waals surface area contributed by atoms with Crippen molar-refractivity contribution in [3.8, 4) is 11.3 Å². The summed E-state index contributed by atoms with van der Waals surface area (Å²) in [7, 11) is 0. The Balaban J connectivity index is 1.64. The van der Waals surface area contributed by atoms with E-state index in [0.717, 1.165) is 22.2 Å². The molecule has 0 unspecified atom stereocenters. The molecule has 0 atom stereocenters. The van der Waals surface area contributed by atoms with Crippen molar-refractivity contribution in [2.24, 2.45) is 0 Å². The number of fused-ring (bicyclic) bond motifs is 2. The number of carbonyl (C=O) groups is 1. The molecule has 1 amide bonds. The van der Waals surface area contributed by atoms with Crippen LogP contribution in [0.5, 0.6) is 0 Å². The summed E-state index contributed by atoms with van der Waals surface area (Å²) in [6.45, 7) is 0.